The molecule has 0 radical (unpaired) electrons. The zero-order valence-corrected chi connectivity index (χ0v) is 18.5. The number of halogens is 4. The van der Waals surface area contributed by atoms with Gasteiger partial charge in [-0.2, -0.15) is 23.3 Å². The lowest BCUT2D eigenvalue weighted by Gasteiger charge is -2.14. The van der Waals surface area contributed by atoms with Crippen LogP contribution >= 0.6 is 0 Å². The van der Waals surface area contributed by atoms with Gasteiger partial charge in [0.1, 0.15) is 30.5 Å². The maximum absolute atomic E-state index is 13.3. The number of rotatable bonds is 7. The summed E-state index contributed by atoms with van der Waals surface area (Å²) in [7, 11) is 0. The van der Waals surface area contributed by atoms with Crippen LogP contribution in [0.2, 0.25) is 0 Å². The van der Waals surface area contributed by atoms with Gasteiger partial charge >= 0.3 is 6.18 Å². The molecule has 36 heavy (non-hydrogen) atoms. The molecule has 5 aromatic rings. The molecular weight excluding hydrogens is 476 g/mol. The molecule has 12 heteroatoms. The molecule has 3 heterocycles. The molecule has 0 aliphatic carbocycles. The Morgan fingerprint density at radius 1 is 0.889 bits per heavy atom. The normalized spacial score (nSPS) is 11.6. The lowest BCUT2D eigenvalue weighted by atomic mass is 10.1. The average molecular weight is 494 g/mol. The molecular formula is C24H18F4N8. The lowest BCUT2D eigenvalue weighted by Crippen LogP contribution is -2.22. The van der Waals surface area contributed by atoms with E-state index < -0.39 is 18.5 Å². The van der Waals surface area contributed by atoms with Crippen LogP contribution in [0.5, 0.6) is 0 Å². The third-order valence-corrected chi connectivity index (χ3v) is 5.18. The number of hydrogen-bond donors (Lipinski definition) is 2. The van der Waals surface area contributed by atoms with Gasteiger partial charge in [0.2, 0.25) is 5.95 Å². The Morgan fingerprint density at radius 3 is 2.47 bits per heavy atom. The number of nitrogens with zero attached hydrogens (tertiary/aromatic N) is 6. The Labute approximate surface area is 202 Å². The second-order valence-corrected chi connectivity index (χ2v) is 7.80. The molecule has 0 unspecified atom stereocenters. The summed E-state index contributed by atoms with van der Waals surface area (Å²) >= 11 is 0. The first-order valence-corrected chi connectivity index (χ1v) is 10.8. The van der Waals surface area contributed by atoms with Crippen molar-refractivity contribution < 1.29 is 17.6 Å². The number of nitrogens with one attached hydrogen (secondary N) is 2. The Hall–Kier alpha value is -4.61. The van der Waals surface area contributed by atoms with Gasteiger partial charge < -0.3 is 10.6 Å². The van der Waals surface area contributed by atoms with Gasteiger partial charge in [0, 0.05) is 12.1 Å². The summed E-state index contributed by atoms with van der Waals surface area (Å²) in [5.74, 6) is -0.340. The first-order valence-electron chi connectivity index (χ1n) is 10.8. The largest absolute Gasteiger partial charge is 0.405 e. The van der Waals surface area contributed by atoms with Crippen LogP contribution in [-0.2, 0) is 6.54 Å². The molecule has 0 fully saturated rings. The summed E-state index contributed by atoms with van der Waals surface area (Å²) in [6.07, 6.45) is -1.45. The topological polar surface area (TPSA) is 93.4 Å². The zero-order chi connectivity index (χ0) is 25.1. The number of pyridine rings is 1. The van der Waals surface area contributed by atoms with Crippen molar-refractivity contribution in [1.82, 2.24) is 29.7 Å². The summed E-state index contributed by atoms with van der Waals surface area (Å²) in [6, 6.07) is 16.4. The number of anilines is 2. The zero-order valence-electron chi connectivity index (χ0n) is 18.5. The van der Waals surface area contributed by atoms with E-state index in [9.17, 15) is 17.6 Å². The molecule has 0 amide bonds. The van der Waals surface area contributed by atoms with Crippen LogP contribution in [0.15, 0.2) is 73.3 Å². The molecule has 0 saturated carbocycles. The quantitative estimate of drug-likeness (QED) is 0.308. The molecule has 3 aromatic heterocycles. The van der Waals surface area contributed by atoms with Gasteiger partial charge in [0.15, 0.2) is 5.82 Å². The molecule has 0 atom stereocenters. The van der Waals surface area contributed by atoms with Crippen molar-refractivity contribution in [1.29, 1.82) is 0 Å². The minimum absolute atomic E-state index is 0.0693. The third-order valence-electron chi connectivity index (χ3n) is 5.18. The van der Waals surface area contributed by atoms with Crippen molar-refractivity contribution >= 4 is 22.8 Å². The van der Waals surface area contributed by atoms with Crippen molar-refractivity contribution in [2.24, 2.45) is 0 Å². The maximum Gasteiger partial charge on any atom is 0.405 e. The third kappa shape index (κ3) is 5.37. The van der Waals surface area contributed by atoms with Crippen LogP contribution in [0, 0.1) is 5.82 Å². The predicted octanol–water partition coefficient (Wildman–Crippen LogP) is 5.00. The van der Waals surface area contributed by atoms with Crippen molar-refractivity contribution in [2.75, 3.05) is 17.2 Å². The maximum atomic E-state index is 13.3. The van der Waals surface area contributed by atoms with Crippen molar-refractivity contribution in [3.8, 4) is 16.9 Å². The smallest absolute Gasteiger partial charge is 0.359 e. The van der Waals surface area contributed by atoms with E-state index in [4.69, 9.17) is 0 Å². The first kappa shape index (κ1) is 23.1. The van der Waals surface area contributed by atoms with Gasteiger partial charge in [0.05, 0.1) is 16.9 Å². The van der Waals surface area contributed by atoms with E-state index in [1.807, 2.05) is 24.3 Å². The minimum Gasteiger partial charge on any atom is -0.359 e. The minimum atomic E-state index is -4.46. The molecule has 2 aromatic carbocycles. The summed E-state index contributed by atoms with van der Waals surface area (Å²) in [5.41, 5.74) is 3.25. The molecule has 182 valence electrons. The average Bonchev–Trinajstić information content (AvgIpc) is 3.41. The van der Waals surface area contributed by atoms with Gasteiger partial charge in [-0.1, -0.05) is 12.1 Å². The van der Waals surface area contributed by atoms with Crippen LogP contribution in [-0.4, -0.2) is 42.4 Å². The summed E-state index contributed by atoms with van der Waals surface area (Å²) in [4.78, 5) is 17.1. The summed E-state index contributed by atoms with van der Waals surface area (Å²) < 4.78 is 53.8. The number of aromatic nitrogens is 6. The summed E-state index contributed by atoms with van der Waals surface area (Å²) in [6.45, 7) is -0.977. The lowest BCUT2D eigenvalue weighted by molar-refractivity contribution is -0.115. The highest BCUT2D eigenvalue weighted by Crippen LogP contribution is 2.27. The van der Waals surface area contributed by atoms with E-state index in [2.05, 4.69) is 35.7 Å². The molecule has 2 N–H and O–H groups in total. The van der Waals surface area contributed by atoms with Crippen LogP contribution in [0.1, 0.15) is 5.56 Å². The van der Waals surface area contributed by atoms with Crippen molar-refractivity contribution in [2.45, 2.75) is 12.7 Å². The highest BCUT2D eigenvalue weighted by atomic mass is 19.4. The SMILES string of the molecule is Fc1ccc(-c2ccc3nc(NCc4cccc(-n5cncn5)c4)nc(NCC(F)(F)F)c3n2)cc1. The molecule has 0 saturated heterocycles. The van der Waals surface area contributed by atoms with Crippen LogP contribution in [0.25, 0.3) is 28.0 Å². The number of fused-ring (bicyclic) bond motifs is 1. The van der Waals surface area contributed by atoms with E-state index >= 15 is 0 Å². The van der Waals surface area contributed by atoms with Gasteiger partial charge in [-0.05, 0) is 54.1 Å². The number of alkyl halides is 3. The van der Waals surface area contributed by atoms with E-state index in [1.54, 1.807) is 23.1 Å². The Kier molecular flexibility index (Phi) is 6.15. The standard InChI is InChI=1S/C24H18F4N8/c25-17-6-4-16(5-7-17)19-8-9-20-21(33-19)22(31-12-24(26,27)28)35-23(34-20)30-11-15-2-1-3-18(10-15)36-14-29-13-32-36/h1-10,13-14H,11-12H2,(H2,30,31,34,35). The molecule has 0 aliphatic heterocycles. The Bertz CT molecular complexity index is 1490. The van der Waals surface area contributed by atoms with E-state index in [0.29, 0.717) is 23.3 Å². The fourth-order valence-corrected chi connectivity index (χ4v) is 3.51. The molecule has 5 rings (SSSR count). The fraction of sp³-hybridized carbons (Fsp3) is 0.125. The number of hydrogen-bond acceptors (Lipinski definition) is 7. The van der Waals surface area contributed by atoms with Gasteiger partial charge in [-0.3, -0.25) is 0 Å². The van der Waals surface area contributed by atoms with Gasteiger partial charge in [-0.25, -0.2) is 24.0 Å². The van der Waals surface area contributed by atoms with Crippen LogP contribution in [0.4, 0.5) is 29.3 Å². The highest BCUT2D eigenvalue weighted by molar-refractivity contribution is 5.88. The fourth-order valence-electron chi connectivity index (χ4n) is 3.51. The second kappa shape index (κ2) is 9.56. The monoisotopic (exact) mass is 494 g/mol. The predicted molar refractivity (Wildman–Crippen MR) is 126 cm³/mol. The highest BCUT2D eigenvalue weighted by Gasteiger charge is 2.27. The first-order chi connectivity index (χ1) is 17.3. The molecule has 0 aliphatic rings. The van der Waals surface area contributed by atoms with Gasteiger partial charge in [0.25, 0.3) is 0 Å². The van der Waals surface area contributed by atoms with E-state index in [1.165, 1.54) is 30.6 Å². The molecule has 8 nitrogen and oxygen atoms in total. The second-order valence-electron chi connectivity index (χ2n) is 7.80. The summed E-state index contributed by atoms with van der Waals surface area (Å²) in [5, 5.41) is 9.48. The van der Waals surface area contributed by atoms with Crippen molar-refractivity contribution in [3.63, 3.8) is 0 Å². The van der Waals surface area contributed by atoms with Crippen molar-refractivity contribution in [3.05, 3.63) is 84.7 Å². The van der Waals surface area contributed by atoms with Gasteiger partial charge in [-0.15, -0.1) is 0 Å². The van der Waals surface area contributed by atoms with E-state index in [0.717, 1.165) is 11.3 Å². The number of benzene rings is 2. The van der Waals surface area contributed by atoms with E-state index in [-0.39, 0.29) is 17.3 Å². The Balaban J connectivity index is 1.45. The van der Waals surface area contributed by atoms with Crippen LogP contribution in [0.3, 0.4) is 0 Å². The molecule has 0 bridgehead atoms. The molecule has 0 spiro atoms. The Morgan fingerprint density at radius 2 is 1.72 bits per heavy atom. The van der Waals surface area contributed by atoms with Crippen LogP contribution < -0.4 is 10.6 Å².